The van der Waals surface area contributed by atoms with E-state index >= 15 is 0 Å². The average molecular weight is 301 g/mol. The Morgan fingerprint density at radius 1 is 1.40 bits per heavy atom. The van der Waals surface area contributed by atoms with Crippen LogP contribution in [0.3, 0.4) is 0 Å². The zero-order valence-electron chi connectivity index (χ0n) is 10.8. The van der Waals surface area contributed by atoms with Crippen LogP contribution < -0.4 is 4.72 Å². The highest BCUT2D eigenvalue weighted by atomic mass is 32.2. The normalized spacial score (nSPS) is 29.0. The van der Waals surface area contributed by atoms with E-state index in [1.165, 1.54) is 6.07 Å². The van der Waals surface area contributed by atoms with Crippen molar-refractivity contribution in [2.45, 2.75) is 49.0 Å². The van der Waals surface area contributed by atoms with Crippen LogP contribution in [0.25, 0.3) is 0 Å². The Morgan fingerprint density at radius 3 is 2.80 bits per heavy atom. The minimum atomic E-state index is -3.86. The van der Waals surface area contributed by atoms with Gasteiger partial charge in [-0.2, -0.15) is 0 Å². The number of fused-ring (bicyclic) bond motifs is 2. The number of hydrogen-bond donors (Lipinski definition) is 2. The van der Waals surface area contributed by atoms with E-state index in [2.05, 4.69) is 4.72 Å². The number of halogens is 1. The van der Waals surface area contributed by atoms with Gasteiger partial charge in [-0.25, -0.2) is 17.5 Å². The standard InChI is InChI=1S/C13H16FNO4S/c14-9-2-1-8(7-16)13(5-9)20(17,18)15-11-6-10-3-4-12(11)19-10/h1-2,5,10-12,15-16H,3-4,6-7H2. The lowest BCUT2D eigenvalue weighted by Crippen LogP contribution is -2.41. The van der Waals surface area contributed by atoms with E-state index in [-0.39, 0.29) is 28.7 Å². The molecule has 20 heavy (non-hydrogen) atoms. The molecule has 2 aliphatic heterocycles. The zero-order valence-corrected chi connectivity index (χ0v) is 11.6. The summed E-state index contributed by atoms with van der Waals surface area (Å²) in [6, 6.07) is 3.07. The summed E-state index contributed by atoms with van der Waals surface area (Å²) in [5.41, 5.74) is 0.183. The van der Waals surface area contributed by atoms with Crippen LogP contribution in [0.5, 0.6) is 0 Å². The summed E-state index contributed by atoms with van der Waals surface area (Å²) in [5.74, 6) is -0.647. The Bertz CT molecular complexity index is 619. The molecule has 110 valence electrons. The van der Waals surface area contributed by atoms with Crippen LogP contribution in [0, 0.1) is 5.82 Å². The molecule has 3 rings (SSSR count). The van der Waals surface area contributed by atoms with Crippen LogP contribution in [0.15, 0.2) is 23.1 Å². The van der Waals surface area contributed by atoms with Gasteiger partial charge < -0.3 is 9.84 Å². The molecule has 2 saturated heterocycles. The molecule has 0 radical (unpaired) electrons. The first-order valence-corrected chi connectivity index (χ1v) is 8.05. The molecule has 0 spiro atoms. The van der Waals surface area contributed by atoms with Gasteiger partial charge >= 0.3 is 0 Å². The number of aliphatic hydroxyl groups is 1. The Kier molecular flexibility index (Phi) is 3.53. The second kappa shape index (κ2) is 5.07. The Hall–Kier alpha value is -1.02. The summed E-state index contributed by atoms with van der Waals surface area (Å²) in [4.78, 5) is -0.206. The summed E-state index contributed by atoms with van der Waals surface area (Å²) in [6.07, 6.45) is 2.48. The van der Waals surface area contributed by atoms with Crippen molar-refractivity contribution in [2.75, 3.05) is 0 Å². The van der Waals surface area contributed by atoms with E-state index in [4.69, 9.17) is 4.74 Å². The molecule has 0 aromatic heterocycles. The molecule has 0 amide bonds. The number of ether oxygens (including phenoxy) is 1. The highest BCUT2D eigenvalue weighted by Gasteiger charge is 2.42. The molecule has 2 heterocycles. The number of nitrogens with one attached hydrogen (secondary N) is 1. The van der Waals surface area contributed by atoms with Gasteiger partial charge in [0.2, 0.25) is 10.0 Å². The largest absolute Gasteiger partial charge is 0.392 e. The van der Waals surface area contributed by atoms with Gasteiger partial charge in [0.05, 0.1) is 29.8 Å². The van der Waals surface area contributed by atoms with Crippen molar-refractivity contribution in [1.82, 2.24) is 4.72 Å². The average Bonchev–Trinajstić information content (AvgIpc) is 3.00. The zero-order chi connectivity index (χ0) is 14.3. The van der Waals surface area contributed by atoms with Crippen LogP contribution in [-0.2, 0) is 21.4 Å². The van der Waals surface area contributed by atoms with Crippen molar-refractivity contribution in [3.8, 4) is 0 Å². The third-order valence-corrected chi connectivity index (χ3v) is 5.47. The third-order valence-electron chi connectivity index (χ3n) is 3.90. The summed E-state index contributed by atoms with van der Waals surface area (Å²) in [6.45, 7) is -0.455. The predicted molar refractivity (Wildman–Crippen MR) is 68.9 cm³/mol. The lowest BCUT2D eigenvalue weighted by Gasteiger charge is -2.20. The third kappa shape index (κ3) is 2.46. The smallest absolute Gasteiger partial charge is 0.241 e. The maximum Gasteiger partial charge on any atom is 0.241 e. The van der Waals surface area contributed by atoms with Gasteiger partial charge in [0.25, 0.3) is 0 Å². The van der Waals surface area contributed by atoms with E-state index in [1.807, 2.05) is 0 Å². The van der Waals surface area contributed by atoms with E-state index in [1.54, 1.807) is 0 Å². The topological polar surface area (TPSA) is 75.6 Å². The minimum absolute atomic E-state index is 0.0964. The van der Waals surface area contributed by atoms with Crippen molar-refractivity contribution in [3.63, 3.8) is 0 Å². The highest BCUT2D eigenvalue weighted by molar-refractivity contribution is 7.89. The Balaban J connectivity index is 1.86. The molecule has 2 aliphatic rings. The summed E-state index contributed by atoms with van der Waals surface area (Å²) in [5, 5.41) is 9.20. The number of rotatable bonds is 4. The van der Waals surface area contributed by atoms with E-state index < -0.39 is 22.4 Å². The van der Waals surface area contributed by atoms with E-state index in [9.17, 15) is 17.9 Å². The molecular formula is C13H16FNO4S. The molecule has 5 nitrogen and oxygen atoms in total. The SMILES string of the molecule is O=S(=O)(NC1CC2CCC1O2)c1cc(F)ccc1CO. The van der Waals surface area contributed by atoms with Gasteiger partial charge in [-0.1, -0.05) is 6.07 Å². The van der Waals surface area contributed by atoms with Crippen LogP contribution >= 0.6 is 0 Å². The first-order chi connectivity index (χ1) is 9.49. The van der Waals surface area contributed by atoms with Crippen molar-refractivity contribution in [3.05, 3.63) is 29.6 Å². The molecule has 2 N–H and O–H groups in total. The molecule has 1 aromatic rings. The Labute approximate surface area is 116 Å². The monoisotopic (exact) mass is 301 g/mol. The Morgan fingerprint density at radius 2 is 2.20 bits per heavy atom. The predicted octanol–water partition coefficient (Wildman–Crippen LogP) is 0.916. The molecule has 2 fully saturated rings. The van der Waals surface area contributed by atoms with Gasteiger partial charge in [-0.15, -0.1) is 0 Å². The fraction of sp³-hybridized carbons (Fsp3) is 0.538. The van der Waals surface area contributed by atoms with E-state index in [0.717, 1.165) is 25.0 Å². The molecule has 7 heteroatoms. The summed E-state index contributed by atoms with van der Waals surface area (Å²) >= 11 is 0. The van der Waals surface area contributed by atoms with E-state index in [0.29, 0.717) is 6.42 Å². The first-order valence-electron chi connectivity index (χ1n) is 6.56. The molecular weight excluding hydrogens is 285 g/mol. The highest BCUT2D eigenvalue weighted by Crippen LogP contribution is 2.35. The van der Waals surface area contributed by atoms with Gasteiger partial charge in [0.1, 0.15) is 5.82 Å². The molecule has 1 aromatic carbocycles. The van der Waals surface area contributed by atoms with Gasteiger partial charge in [0, 0.05) is 0 Å². The fourth-order valence-corrected chi connectivity index (χ4v) is 4.45. The van der Waals surface area contributed by atoms with Crippen molar-refractivity contribution in [2.24, 2.45) is 0 Å². The quantitative estimate of drug-likeness (QED) is 0.867. The molecule has 0 saturated carbocycles. The summed E-state index contributed by atoms with van der Waals surface area (Å²) < 4.78 is 46.2. The second-order valence-corrected chi connectivity index (χ2v) is 6.93. The number of aliphatic hydroxyl groups excluding tert-OH is 1. The molecule has 2 bridgehead atoms. The lowest BCUT2D eigenvalue weighted by atomic mass is 9.96. The molecule has 3 atom stereocenters. The lowest BCUT2D eigenvalue weighted by molar-refractivity contribution is 0.0996. The van der Waals surface area contributed by atoms with Crippen molar-refractivity contribution >= 4 is 10.0 Å². The number of hydrogen-bond acceptors (Lipinski definition) is 4. The van der Waals surface area contributed by atoms with Gasteiger partial charge in [-0.05, 0) is 37.0 Å². The first kappa shape index (κ1) is 13.9. The van der Waals surface area contributed by atoms with Crippen LogP contribution in [0.4, 0.5) is 4.39 Å². The maximum atomic E-state index is 13.3. The maximum absolute atomic E-state index is 13.3. The minimum Gasteiger partial charge on any atom is -0.392 e. The second-order valence-electron chi connectivity index (χ2n) is 5.25. The van der Waals surface area contributed by atoms with Crippen LogP contribution in [0.2, 0.25) is 0 Å². The molecule has 0 aliphatic carbocycles. The van der Waals surface area contributed by atoms with Crippen molar-refractivity contribution in [1.29, 1.82) is 0 Å². The van der Waals surface area contributed by atoms with Gasteiger partial charge in [0.15, 0.2) is 0 Å². The van der Waals surface area contributed by atoms with Crippen LogP contribution in [0.1, 0.15) is 24.8 Å². The number of benzene rings is 1. The fourth-order valence-electron chi connectivity index (χ4n) is 2.93. The summed E-state index contributed by atoms with van der Waals surface area (Å²) in [7, 11) is -3.86. The molecule has 3 unspecified atom stereocenters. The van der Waals surface area contributed by atoms with Gasteiger partial charge in [-0.3, -0.25) is 0 Å². The van der Waals surface area contributed by atoms with Crippen LogP contribution in [-0.4, -0.2) is 31.8 Å². The number of sulfonamides is 1. The van der Waals surface area contributed by atoms with Crippen molar-refractivity contribution < 1.29 is 22.7 Å².